The molecule has 1 fully saturated rings. The van der Waals surface area contributed by atoms with Crippen LogP contribution in [-0.2, 0) is 19.5 Å². The first-order valence-electron chi connectivity index (χ1n) is 10.6. The summed E-state index contributed by atoms with van der Waals surface area (Å²) in [6.45, 7) is 8.30. The fraction of sp³-hybridized carbons (Fsp3) is 0.545. The molecular formula is C22H32FN5OS. The molecule has 30 heavy (non-hydrogen) atoms. The number of benzene rings is 1. The Morgan fingerprint density at radius 3 is 2.77 bits per heavy atom. The molecule has 0 radical (unpaired) electrons. The zero-order valence-electron chi connectivity index (χ0n) is 18.1. The van der Waals surface area contributed by atoms with Crippen LogP contribution in [0.2, 0.25) is 0 Å². The van der Waals surface area contributed by atoms with Crippen molar-refractivity contribution in [3.8, 4) is 5.75 Å². The Balaban J connectivity index is 1.49. The van der Waals surface area contributed by atoms with Crippen LogP contribution in [0.3, 0.4) is 0 Å². The first kappa shape index (κ1) is 22.5. The van der Waals surface area contributed by atoms with Crippen LogP contribution >= 0.6 is 11.3 Å². The molecule has 0 saturated carbocycles. The van der Waals surface area contributed by atoms with Crippen LogP contribution in [0.1, 0.15) is 43.0 Å². The molecule has 1 aromatic carbocycles. The lowest BCUT2D eigenvalue weighted by Crippen LogP contribution is -2.48. The molecule has 0 amide bonds. The molecule has 2 aromatic rings. The Kier molecular flexibility index (Phi) is 8.45. The number of aryl methyl sites for hydroxylation is 1. The monoisotopic (exact) mass is 433 g/mol. The third kappa shape index (κ3) is 6.40. The van der Waals surface area contributed by atoms with Crippen molar-refractivity contribution >= 4 is 17.3 Å². The standard InChI is InChI=1S/C22H32FN5OS/c1-4-21-26-18(15-30-21)13-25-22(24-5-2)27-17-8-10-28(11-9-17)14-16-6-7-20(29-3)19(23)12-16/h6-7,12,15,17H,4-5,8-11,13-14H2,1-3H3,(H2,24,25,27). The number of aliphatic imine (C=N–C) groups is 1. The predicted octanol–water partition coefficient (Wildman–Crippen LogP) is 3.57. The molecule has 1 aliphatic rings. The maximum atomic E-state index is 13.9. The van der Waals surface area contributed by atoms with Crippen molar-refractivity contribution in [1.29, 1.82) is 0 Å². The van der Waals surface area contributed by atoms with Crippen molar-refractivity contribution in [3.63, 3.8) is 0 Å². The Morgan fingerprint density at radius 1 is 1.33 bits per heavy atom. The minimum Gasteiger partial charge on any atom is -0.494 e. The van der Waals surface area contributed by atoms with E-state index in [1.807, 2.05) is 6.07 Å². The van der Waals surface area contributed by atoms with E-state index in [-0.39, 0.29) is 5.82 Å². The summed E-state index contributed by atoms with van der Waals surface area (Å²) in [5, 5.41) is 10.1. The van der Waals surface area contributed by atoms with Crippen LogP contribution in [-0.4, -0.2) is 48.6 Å². The van der Waals surface area contributed by atoms with Gasteiger partial charge in [-0.25, -0.2) is 14.4 Å². The number of nitrogens with one attached hydrogen (secondary N) is 2. The number of hydrogen-bond acceptors (Lipinski definition) is 5. The van der Waals surface area contributed by atoms with Crippen LogP contribution in [0.15, 0.2) is 28.6 Å². The van der Waals surface area contributed by atoms with Gasteiger partial charge in [-0.05, 0) is 43.9 Å². The number of rotatable bonds is 8. The highest BCUT2D eigenvalue weighted by Gasteiger charge is 2.20. The SMILES string of the molecule is CCNC(=NCc1csc(CC)n1)NC1CCN(Cc2ccc(OC)c(F)c2)CC1. The van der Waals surface area contributed by atoms with Gasteiger partial charge in [0, 0.05) is 37.6 Å². The van der Waals surface area contributed by atoms with E-state index in [0.717, 1.165) is 67.7 Å². The molecule has 0 aliphatic carbocycles. The second-order valence-corrected chi connectivity index (χ2v) is 8.39. The molecular weight excluding hydrogens is 401 g/mol. The fourth-order valence-electron chi connectivity index (χ4n) is 3.56. The topological polar surface area (TPSA) is 61.8 Å². The number of piperidine rings is 1. The summed E-state index contributed by atoms with van der Waals surface area (Å²) in [5.41, 5.74) is 2.00. The third-order valence-corrected chi connectivity index (χ3v) is 6.24. The number of nitrogens with zero attached hydrogens (tertiary/aromatic N) is 3. The van der Waals surface area contributed by atoms with E-state index in [9.17, 15) is 4.39 Å². The lowest BCUT2D eigenvalue weighted by molar-refractivity contribution is 0.198. The zero-order chi connectivity index (χ0) is 21.3. The average Bonchev–Trinajstić information content (AvgIpc) is 3.22. The molecule has 1 aromatic heterocycles. The molecule has 3 rings (SSSR count). The second-order valence-electron chi connectivity index (χ2n) is 7.44. The van der Waals surface area contributed by atoms with E-state index >= 15 is 0 Å². The van der Waals surface area contributed by atoms with E-state index < -0.39 is 0 Å². The van der Waals surface area contributed by atoms with Gasteiger partial charge in [-0.1, -0.05) is 13.0 Å². The lowest BCUT2D eigenvalue weighted by atomic mass is 10.0. The van der Waals surface area contributed by atoms with E-state index in [1.54, 1.807) is 23.5 Å². The van der Waals surface area contributed by atoms with E-state index in [2.05, 4.69) is 39.7 Å². The molecule has 0 spiro atoms. The summed E-state index contributed by atoms with van der Waals surface area (Å²) in [7, 11) is 1.49. The summed E-state index contributed by atoms with van der Waals surface area (Å²) < 4.78 is 18.9. The number of hydrogen-bond donors (Lipinski definition) is 2. The van der Waals surface area contributed by atoms with Crippen molar-refractivity contribution in [1.82, 2.24) is 20.5 Å². The predicted molar refractivity (Wildman–Crippen MR) is 121 cm³/mol. The van der Waals surface area contributed by atoms with Crippen molar-refractivity contribution in [2.24, 2.45) is 4.99 Å². The van der Waals surface area contributed by atoms with Crippen LogP contribution < -0.4 is 15.4 Å². The molecule has 2 N–H and O–H groups in total. The Bertz CT molecular complexity index is 833. The second kappa shape index (κ2) is 11.3. The van der Waals surface area contributed by atoms with Crippen LogP contribution in [0, 0.1) is 5.82 Å². The fourth-order valence-corrected chi connectivity index (χ4v) is 4.30. The summed E-state index contributed by atoms with van der Waals surface area (Å²) in [5.74, 6) is 0.837. The van der Waals surface area contributed by atoms with Gasteiger partial charge >= 0.3 is 0 Å². The first-order valence-corrected chi connectivity index (χ1v) is 11.5. The maximum Gasteiger partial charge on any atom is 0.191 e. The Hall–Kier alpha value is -2.19. The summed E-state index contributed by atoms with van der Waals surface area (Å²) in [6, 6.07) is 5.59. The summed E-state index contributed by atoms with van der Waals surface area (Å²) in [4.78, 5) is 11.7. The lowest BCUT2D eigenvalue weighted by Gasteiger charge is -2.33. The van der Waals surface area contributed by atoms with E-state index in [4.69, 9.17) is 9.73 Å². The molecule has 1 aliphatic heterocycles. The number of guanidine groups is 1. The summed E-state index contributed by atoms with van der Waals surface area (Å²) in [6.07, 6.45) is 3.02. The molecule has 0 unspecified atom stereocenters. The normalized spacial score (nSPS) is 15.9. The van der Waals surface area contributed by atoms with Crippen molar-refractivity contribution in [2.45, 2.75) is 52.2 Å². The number of aromatic nitrogens is 1. The van der Waals surface area contributed by atoms with Gasteiger partial charge < -0.3 is 15.4 Å². The van der Waals surface area contributed by atoms with Gasteiger partial charge in [-0.15, -0.1) is 11.3 Å². The van der Waals surface area contributed by atoms with Crippen molar-refractivity contribution in [3.05, 3.63) is 45.7 Å². The first-order chi connectivity index (χ1) is 14.6. The molecule has 0 bridgehead atoms. The molecule has 8 heteroatoms. The van der Waals surface area contributed by atoms with Gasteiger partial charge in [0.2, 0.25) is 0 Å². The smallest absolute Gasteiger partial charge is 0.191 e. The average molecular weight is 434 g/mol. The van der Waals surface area contributed by atoms with Crippen LogP contribution in [0.25, 0.3) is 0 Å². The van der Waals surface area contributed by atoms with Gasteiger partial charge in [0.15, 0.2) is 17.5 Å². The van der Waals surface area contributed by atoms with E-state index in [1.165, 1.54) is 7.11 Å². The number of thiazole rings is 1. The quantitative estimate of drug-likeness (QED) is 0.492. The highest BCUT2D eigenvalue weighted by molar-refractivity contribution is 7.09. The van der Waals surface area contributed by atoms with Crippen LogP contribution in [0.4, 0.5) is 4.39 Å². The molecule has 1 saturated heterocycles. The molecule has 6 nitrogen and oxygen atoms in total. The molecule has 164 valence electrons. The highest BCUT2D eigenvalue weighted by atomic mass is 32.1. The highest BCUT2D eigenvalue weighted by Crippen LogP contribution is 2.20. The number of ether oxygens (including phenoxy) is 1. The Morgan fingerprint density at radius 2 is 2.13 bits per heavy atom. The maximum absolute atomic E-state index is 13.9. The number of halogens is 1. The largest absolute Gasteiger partial charge is 0.494 e. The van der Waals surface area contributed by atoms with Crippen molar-refractivity contribution in [2.75, 3.05) is 26.7 Å². The Labute approximate surface area is 182 Å². The van der Waals surface area contributed by atoms with Gasteiger partial charge in [0.25, 0.3) is 0 Å². The molecule has 2 heterocycles. The minimum atomic E-state index is -0.302. The van der Waals surface area contributed by atoms with Gasteiger partial charge in [0.05, 0.1) is 24.4 Å². The number of likely N-dealkylation sites (tertiary alicyclic amines) is 1. The molecule has 0 atom stereocenters. The minimum absolute atomic E-state index is 0.292. The van der Waals surface area contributed by atoms with E-state index in [0.29, 0.717) is 18.3 Å². The van der Waals surface area contributed by atoms with Gasteiger partial charge in [-0.3, -0.25) is 4.90 Å². The van der Waals surface area contributed by atoms with Gasteiger partial charge in [-0.2, -0.15) is 0 Å². The van der Waals surface area contributed by atoms with Gasteiger partial charge in [0.1, 0.15) is 0 Å². The third-order valence-electron chi connectivity index (χ3n) is 5.20. The summed E-state index contributed by atoms with van der Waals surface area (Å²) >= 11 is 1.70. The number of methoxy groups -OCH3 is 1. The van der Waals surface area contributed by atoms with Crippen LogP contribution in [0.5, 0.6) is 5.75 Å². The zero-order valence-corrected chi connectivity index (χ0v) is 18.9. The van der Waals surface area contributed by atoms with Crippen molar-refractivity contribution < 1.29 is 9.13 Å².